The van der Waals surface area contributed by atoms with E-state index in [1.54, 1.807) is 18.4 Å². The predicted molar refractivity (Wildman–Crippen MR) is 133 cm³/mol. The van der Waals surface area contributed by atoms with Crippen molar-refractivity contribution in [2.24, 2.45) is 0 Å². The fraction of sp³-hybridized carbons (Fsp3) is 0.375. The highest BCUT2D eigenvalue weighted by atomic mass is 32.1. The van der Waals surface area contributed by atoms with Crippen LogP contribution in [0.2, 0.25) is 0 Å². The van der Waals surface area contributed by atoms with Crippen molar-refractivity contribution in [2.75, 3.05) is 44.0 Å². The highest BCUT2D eigenvalue weighted by molar-refractivity contribution is 7.10. The summed E-state index contributed by atoms with van der Waals surface area (Å²) in [6.07, 6.45) is 1.42. The number of hydrogen-bond acceptors (Lipinski definition) is 7. The van der Waals surface area contributed by atoms with Crippen LogP contribution in [-0.2, 0) is 29.0 Å². The van der Waals surface area contributed by atoms with Crippen molar-refractivity contribution >= 4 is 28.7 Å². The average Bonchev–Trinajstić information content (AvgIpc) is 3.29. The van der Waals surface area contributed by atoms with Gasteiger partial charge in [0.25, 0.3) is 5.56 Å². The zero-order valence-electron chi connectivity index (χ0n) is 19.2. The van der Waals surface area contributed by atoms with Crippen LogP contribution in [0, 0.1) is 0 Å². The first-order valence-corrected chi connectivity index (χ1v) is 12.1. The molecule has 2 aromatic heterocycles. The highest BCUT2D eigenvalue weighted by Gasteiger charge is 2.27. The van der Waals surface area contributed by atoms with Crippen LogP contribution < -0.4 is 21.9 Å². The molecule has 0 unspecified atom stereocenters. The van der Waals surface area contributed by atoms with E-state index in [1.807, 2.05) is 30.3 Å². The van der Waals surface area contributed by atoms with Crippen molar-refractivity contribution in [3.05, 3.63) is 78.6 Å². The molecule has 1 aliphatic rings. The average molecular weight is 484 g/mol. The van der Waals surface area contributed by atoms with E-state index in [4.69, 9.17) is 10.5 Å². The van der Waals surface area contributed by atoms with E-state index in [0.717, 1.165) is 18.5 Å². The smallest absolute Gasteiger partial charge is 0.330 e. The first kappa shape index (κ1) is 23.9. The van der Waals surface area contributed by atoms with Gasteiger partial charge in [0.15, 0.2) is 5.69 Å². The van der Waals surface area contributed by atoms with Crippen LogP contribution in [0.1, 0.15) is 22.4 Å². The molecule has 10 heteroatoms. The molecule has 0 saturated heterocycles. The molecule has 1 aromatic carbocycles. The summed E-state index contributed by atoms with van der Waals surface area (Å²) in [6, 6.07) is 11.4. The van der Waals surface area contributed by atoms with Gasteiger partial charge in [-0.05, 0) is 35.4 Å². The lowest BCUT2D eigenvalue weighted by Gasteiger charge is -2.30. The fourth-order valence-electron chi connectivity index (χ4n) is 4.21. The summed E-state index contributed by atoms with van der Waals surface area (Å²) in [5.74, 6) is -0.265. The number of ether oxygens (including phenoxy) is 1. The predicted octanol–water partition coefficient (Wildman–Crippen LogP) is 1.66. The first-order valence-electron chi connectivity index (χ1n) is 11.2. The van der Waals surface area contributed by atoms with Gasteiger partial charge >= 0.3 is 5.69 Å². The standard InChI is InChI=1S/C24H29N5O4S/c1-33-12-5-10-28(20(30)16-27-11-8-19-18(15-27)9-13-34-19)21-22(25)29(24(32)26-23(21)31)14-17-6-3-2-4-7-17/h2-4,6-7,9,13H,5,8,10-12,14-16,25H2,1H3,(H,26,31,32). The van der Waals surface area contributed by atoms with Crippen molar-refractivity contribution in [3.63, 3.8) is 0 Å². The summed E-state index contributed by atoms with van der Waals surface area (Å²) in [7, 11) is 1.58. The summed E-state index contributed by atoms with van der Waals surface area (Å²) in [4.78, 5) is 46.1. The number of carbonyl (C=O) groups is 1. The van der Waals surface area contributed by atoms with E-state index >= 15 is 0 Å². The molecule has 3 heterocycles. The lowest BCUT2D eigenvalue weighted by Crippen LogP contribution is -2.46. The number of thiophene rings is 1. The number of aromatic amines is 1. The molecular formula is C24H29N5O4S. The van der Waals surface area contributed by atoms with E-state index in [1.165, 1.54) is 19.9 Å². The van der Waals surface area contributed by atoms with Crippen LogP contribution >= 0.6 is 11.3 Å². The van der Waals surface area contributed by atoms with Crippen LogP contribution in [0.3, 0.4) is 0 Å². The molecule has 0 spiro atoms. The number of nitrogens with two attached hydrogens (primary N) is 1. The topological polar surface area (TPSA) is 114 Å². The molecule has 0 atom stereocenters. The van der Waals surface area contributed by atoms with Gasteiger partial charge in [-0.25, -0.2) is 4.79 Å². The minimum absolute atomic E-state index is 0.00451. The first-order chi connectivity index (χ1) is 16.5. The van der Waals surface area contributed by atoms with Gasteiger partial charge < -0.3 is 15.4 Å². The Balaban J connectivity index is 1.63. The zero-order valence-corrected chi connectivity index (χ0v) is 20.0. The summed E-state index contributed by atoms with van der Waals surface area (Å²) in [5, 5.41) is 2.07. The van der Waals surface area contributed by atoms with Gasteiger partial charge in [0.2, 0.25) is 5.91 Å². The molecule has 0 bridgehead atoms. The molecule has 9 nitrogen and oxygen atoms in total. The number of benzene rings is 1. The van der Waals surface area contributed by atoms with Crippen molar-refractivity contribution in [3.8, 4) is 0 Å². The monoisotopic (exact) mass is 483 g/mol. The van der Waals surface area contributed by atoms with E-state index in [2.05, 4.69) is 21.3 Å². The van der Waals surface area contributed by atoms with Crippen molar-refractivity contribution in [2.45, 2.75) is 25.9 Å². The van der Waals surface area contributed by atoms with Crippen LogP contribution in [0.4, 0.5) is 11.5 Å². The van der Waals surface area contributed by atoms with Gasteiger partial charge in [-0.15, -0.1) is 11.3 Å². The molecule has 1 amide bonds. The summed E-state index contributed by atoms with van der Waals surface area (Å²) >= 11 is 1.74. The van der Waals surface area contributed by atoms with Gasteiger partial charge in [0.1, 0.15) is 5.82 Å². The minimum Gasteiger partial charge on any atom is -0.385 e. The highest BCUT2D eigenvalue weighted by Crippen LogP contribution is 2.25. The van der Waals surface area contributed by atoms with E-state index in [-0.39, 0.29) is 37.0 Å². The van der Waals surface area contributed by atoms with Crippen molar-refractivity contribution in [1.82, 2.24) is 14.5 Å². The molecule has 34 heavy (non-hydrogen) atoms. The number of amides is 1. The second-order valence-electron chi connectivity index (χ2n) is 8.29. The number of methoxy groups -OCH3 is 1. The fourth-order valence-corrected chi connectivity index (χ4v) is 5.10. The van der Waals surface area contributed by atoms with Gasteiger partial charge in [-0.1, -0.05) is 30.3 Å². The second kappa shape index (κ2) is 10.8. The number of fused-ring (bicyclic) bond motifs is 1. The number of H-pyrrole nitrogens is 1. The summed E-state index contributed by atoms with van der Waals surface area (Å²) in [6.45, 7) is 2.47. The molecule has 0 aliphatic carbocycles. The number of aromatic nitrogens is 2. The Kier molecular flexibility index (Phi) is 7.61. The number of nitrogens with zero attached hydrogens (tertiary/aromatic N) is 3. The Labute approximate surface area is 201 Å². The molecule has 180 valence electrons. The molecule has 0 radical (unpaired) electrons. The van der Waals surface area contributed by atoms with Crippen LogP contribution in [0.15, 0.2) is 51.4 Å². The number of nitrogen functional groups attached to an aromatic ring is 1. The number of anilines is 2. The molecule has 1 aliphatic heterocycles. The Morgan fingerprint density at radius 3 is 2.79 bits per heavy atom. The Hall–Kier alpha value is -3.21. The third-order valence-corrected chi connectivity index (χ3v) is 6.97. The molecular weight excluding hydrogens is 454 g/mol. The normalized spacial score (nSPS) is 13.6. The summed E-state index contributed by atoms with van der Waals surface area (Å²) < 4.78 is 6.44. The Morgan fingerprint density at radius 2 is 2.03 bits per heavy atom. The van der Waals surface area contributed by atoms with E-state index in [9.17, 15) is 14.4 Å². The van der Waals surface area contributed by atoms with Crippen LogP contribution in [0.5, 0.6) is 0 Å². The lowest BCUT2D eigenvalue weighted by molar-refractivity contribution is -0.120. The van der Waals surface area contributed by atoms with E-state index in [0.29, 0.717) is 19.6 Å². The minimum atomic E-state index is -0.670. The third kappa shape index (κ3) is 5.30. The van der Waals surface area contributed by atoms with Crippen molar-refractivity contribution in [1.29, 1.82) is 0 Å². The zero-order chi connectivity index (χ0) is 24.1. The Morgan fingerprint density at radius 1 is 1.24 bits per heavy atom. The maximum atomic E-state index is 13.5. The van der Waals surface area contributed by atoms with Crippen LogP contribution in [0.25, 0.3) is 0 Å². The number of carbonyl (C=O) groups excluding carboxylic acids is 1. The molecule has 0 saturated carbocycles. The van der Waals surface area contributed by atoms with Crippen LogP contribution in [-0.4, -0.2) is 53.7 Å². The van der Waals surface area contributed by atoms with Gasteiger partial charge in [0, 0.05) is 38.2 Å². The number of rotatable bonds is 9. The largest absolute Gasteiger partial charge is 0.385 e. The quantitative estimate of drug-likeness (QED) is 0.448. The SMILES string of the molecule is COCCCN(C(=O)CN1CCc2sccc2C1)c1c(N)n(Cc2ccccc2)c(=O)[nH]c1=O. The molecule has 3 N–H and O–H groups in total. The molecule has 3 aromatic rings. The number of hydrogen-bond donors (Lipinski definition) is 2. The maximum Gasteiger partial charge on any atom is 0.330 e. The molecule has 4 rings (SSSR count). The van der Waals surface area contributed by atoms with Gasteiger partial charge in [0.05, 0.1) is 13.1 Å². The van der Waals surface area contributed by atoms with Gasteiger partial charge in [-0.2, -0.15) is 0 Å². The second-order valence-corrected chi connectivity index (χ2v) is 9.29. The summed E-state index contributed by atoms with van der Waals surface area (Å²) in [5.41, 5.74) is 7.18. The van der Waals surface area contributed by atoms with Gasteiger partial charge in [-0.3, -0.25) is 24.0 Å². The van der Waals surface area contributed by atoms with Crippen molar-refractivity contribution < 1.29 is 9.53 Å². The Bertz CT molecular complexity index is 1250. The maximum absolute atomic E-state index is 13.5. The lowest BCUT2D eigenvalue weighted by atomic mass is 10.1. The molecule has 0 fully saturated rings. The van der Waals surface area contributed by atoms with E-state index < -0.39 is 11.2 Å². The number of nitrogens with one attached hydrogen (secondary N) is 1. The third-order valence-electron chi connectivity index (χ3n) is 5.94.